The van der Waals surface area contributed by atoms with Crippen molar-refractivity contribution in [2.75, 3.05) is 19.6 Å². The van der Waals surface area contributed by atoms with E-state index < -0.39 is 0 Å². The van der Waals surface area contributed by atoms with Gasteiger partial charge in [-0.05, 0) is 45.6 Å². The van der Waals surface area contributed by atoms with Crippen LogP contribution in [0.2, 0.25) is 0 Å². The summed E-state index contributed by atoms with van der Waals surface area (Å²) in [4.78, 5) is 6.73. The summed E-state index contributed by atoms with van der Waals surface area (Å²) in [5, 5.41) is 0. The number of nitrogens with zero attached hydrogens (tertiary/aromatic N) is 2. The van der Waals surface area contributed by atoms with Crippen molar-refractivity contribution in [1.82, 2.24) is 9.88 Å². The molecule has 0 bridgehead atoms. The first kappa shape index (κ1) is 17.4. The highest BCUT2D eigenvalue weighted by molar-refractivity contribution is 9.10. The Kier molecular flexibility index (Phi) is 6.38. The fraction of sp³-hybridized carbons (Fsp3) is 0.353. The quantitative estimate of drug-likeness (QED) is 0.881. The SMILES string of the molecule is Cl.NC[C@@H]1CN(Cc2cncc(Br)c2)C[C@H]1c1ccccc1. The van der Waals surface area contributed by atoms with Crippen molar-refractivity contribution in [2.24, 2.45) is 11.7 Å². The van der Waals surface area contributed by atoms with Gasteiger partial charge in [-0.15, -0.1) is 12.4 Å². The average Bonchev–Trinajstić information content (AvgIpc) is 2.91. The lowest BCUT2D eigenvalue weighted by atomic mass is 9.89. The number of nitrogens with two attached hydrogens (primary N) is 1. The summed E-state index contributed by atoms with van der Waals surface area (Å²) in [7, 11) is 0. The van der Waals surface area contributed by atoms with Gasteiger partial charge in [0.25, 0.3) is 0 Å². The third-order valence-corrected chi connectivity index (χ3v) is 4.65. The summed E-state index contributed by atoms with van der Waals surface area (Å²) in [6.07, 6.45) is 3.76. The van der Waals surface area contributed by atoms with Gasteiger partial charge in [0.05, 0.1) is 0 Å². The second-order valence-electron chi connectivity index (χ2n) is 5.72. The molecule has 0 amide bonds. The molecule has 0 spiro atoms. The molecule has 2 aromatic rings. The van der Waals surface area contributed by atoms with Crippen LogP contribution in [0.3, 0.4) is 0 Å². The van der Waals surface area contributed by atoms with Crippen molar-refractivity contribution in [3.8, 4) is 0 Å². The van der Waals surface area contributed by atoms with Crippen LogP contribution in [0.1, 0.15) is 17.0 Å². The van der Waals surface area contributed by atoms with Crippen LogP contribution >= 0.6 is 28.3 Å². The highest BCUT2D eigenvalue weighted by Crippen LogP contribution is 2.32. The second-order valence-corrected chi connectivity index (χ2v) is 6.63. The molecule has 1 aliphatic rings. The van der Waals surface area contributed by atoms with E-state index in [1.54, 1.807) is 0 Å². The number of benzene rings is 1. The van der Waals surface area contributed by atoms with Gasteiger partial charge in [0.1, 0.15) is 0 Å². The average molecular weight is 383 g/mol. The Morgan fingerprint density at radius 3 is 2.64 bits per heavy atom. The van der Waals surface area contributed by atoms with Crippen LogP contribution in [0.25, 0.3) is 0 Å². The van der Waals surface area contributed by atoms with Crippen molar-refractivity contribution in [2.45, 2.75) is 12.5 Å². The largest absolute Gasteiger partial charge is 0.330 e. The summed E-state index contributed by atoms with van der Waals surface area (Å²) in [5.41, 5.74) is 8.64. The van der Waals surface area contributed by atoms with Gasteiger partial charge in [-0.3, -0.25) is 9.88 Å². The molecule has 2 atom stereocenters. The lowest BCUT2D eigenvalue weighted by Gasteiger charge is -2.16. The molecule has 1 aromatic carbocycles. The van der Waals surface area contributed by atoms with E-state index in [2.05, 4.69) is 62.2 Å². The standard InChI is InChI=1S/C17H20BrN3.ClH/c18-16-6-13(8-20-9-16)10-21-11-15(7-19)17(12-21)14-4-2-1-3-5-14;/h1-6,8-9,15,17H,7,10-12,19H2;1H/t15-,17+;/m1./s1. The van der Waals surface area contributed by atoms with E-state index in [0.29, 0.717) is 11.8 Å². The Hall–Kier alpha value is -0.940. The molecule has 0 saturated carbocycles. The van der Waals surface area contributed by atoms with Gasteiger partial charge < -0.3 is 5.73 Å². The van der Waals surface area contributed by atoms with Crippen molar-refractivity contribution in [1.29, 1.82) is 0 Å². The van der Waals surface area contributed by atoms with Crippen molar-refractivity contribution in [3.05, 3.63) is 64.4 Å². The Bertz CT molecular complexity index is 593. The van der Waals surface area contributed by atoms with Gasteiger partial charge in [-0.25, -0.2) is 0 Å². The molecule has 1 saturated heterocycles. The van der Waals surface area contributed by atoms with Crippen LogP contribution in [0.15, 0.2) is 53.3 Å². The smallest absolute Gasteiger partial charge is 0.0410 e. The maximum Gasteiger partial charge on any atom is 0.0410 e. The third-order valence-electron chi connectivity index (χ3n) is 4.21. The second kappa shape index (κ2) is 8.06. The lowest BCUT2D eigenvalue weighted by molar-refractivity contribution is 0.316. The minimum absolute atomic E-state index is 0. The van der Waals surface area contributed by atoms with Crippen molar-refractivity contribution < 1.29 is 0 Å². The lowest BCUT2D eigenvalue weighted by Crippen LogP contribution is -2.23. The van der Waals surface area contributed by atoms with E-state index in [4.69, 9.17) is 5.73 Å². The number of halogens is 2. The Balaban J connectivity index is 0.00000176. The molecule has 5 heteroatoms. The molecule has 0 aliphatic carbocycles. The van der Waals surface area contributed by atoms with Crippen LogP contribution in [-0.2, 0) is 6.54 Å². The van der Waals surface area contributed by atoms with Crippen LogP contribution in [0.4, 0.5) is 0 Å². The summed E-state index contributed by atoms with van der Waals surface area (Å²) in [5.74, 6) is 1.07. The number of hydrogen-bond acceptors (Lipinski definition) is 3. The Labute approximate surface area is 146 Å². The van der Waals surface area contributed by atoms with Crippen molar-refractivity contribution >= 4 is 28.3 Å². The van der Waals surface area contributed by atoms with Gasteiger partial charge in [-0.1, -0.05) is 30.3 Å². The van der Waals surface area contributed by atoms with Crippen LogP contribution < -0.4 is 5.73 Å². The fourth-order valence-electron chi connectivity index (χ4n) is 3.21. The molecule has 2 N–H and O–H groups in total. The number of aromatic nitrogens is 1. The summed E-state index contributed by atoms with van der Waals surface area (Å²) in [6.45, 7) is 3.81. The maximum absolute atomic E-state index is 5.99. The highest BCUT2D eigenvalue weighted by Gasteiger charge is 2.32. The number of hydrogen-bond donors (Lipinski definition) is 1. The maximum atomic E-state index is 5.99. The van der Waals surface area contributed by atoms with Crippen LogP contribution in [-0.4, -0.2) is 29.5 Å². The molecule has 1 aliphatic heterocycles. The number of rotatable bonds is 4. The summed E-state index contributed by atoms with van der Waals surface area (Å²) in [6, 6.07) is 12.9. The third kappa shape index (κ3) is 4.07. The zero-order valence-electron chi connectivity index (χ0n) is 12.4. The first-order valence-corrected chi connectivity index (χ1v) is 8.12. The molecule has 3 nitrogen and oxygen atoms in total. The summed E-state index contributed by atoms with van der Waals surface area (Å²) >= 11 is 3.48. The van der Waals surface area contributed by atoms with Gasteiger partial charge in [0.2, 0.25) is 0 Å². The normalized spacial score (nSPS) is 21.5. The predicted molar refractivity (Wildman–Crippen MR) is 96.2 cm³/mol. The van der Waals surface area contributed by atoms with Gasteiger partial charge in [-0.2, -0.15) is 0 Å². The minimum Gasteiger partial charge on any atom is -0.330 e. The van der Waals surface area contributed by atoms with E-state index in [1.807, 2.05) is 12.4 Å². The molecular formula is C17H21BrClN3. The monoisotopic (exact) mass is 381 g/mol. The zero-order chi connectivity index (χ0) is 14.7. The van der Waals surface area contributed by atoms with E-state index in [1.165, 1.54) is 11.1 Å². The molecule has 1 fully saturated rings. The number of pyridine rings is 1. The van der Waals surface area contributed by atoms with E-state index in [0.717, 1.165) is 30.7 Å². The molecule has 0 radical (unpaired) electrons. The fourth-order valence-corrected chi connectivity index (χ4v) is 3.62. The van der Waals surface area contributed by atoms with E-state index >= 15 is 0 Å². The minimum atomic E-state index is 0. The first-order chi connectivity index (χ1) is 10.3. The Morgan fingerprint density at radius 1 is 1.18 bits per heavy atom. The summed E-state index contributed by atoms with van der Waals surface area (Å²) < 4.78 is 1.04. The number of likely N-dealkylation sites (tertiary alicyclic amines) is 1. The molecule has 22 heavy (non-hydrogen) atoms. The highest BCUT2D eigenvalue weighted by atomic mass is 79.9. The molecule has 2 heterocycles. The van der Waals surface area contributed by atoms with E-state index in [9.17, 15) is 0 Å². The van der Waals surface area contributed by atoms with E-state index in [-0.39, 0.29) is 12.4 Å². The molecule has 3 rings (SSSR count). The molecular weight excluding hydrogens is 362 g/mol. The van der Waals surface area contributed by atoms with Crippen LogP contribution in [0.5, 0.6) is 0 Å². The predicted octanol–water partition coefficient (Wildman–Crippen LogP) is 3.44. The molecule has 118 valence electrons. The van der Waals surface area contributed by atoms with Gasteiger partial charge >= 0.3 is 0 Å². The van der Waals surface area contributed by atoms with Gasteiger partial charge in [0, 0.05) is 42.4 Å². The van der Waals surface area contributed by atoms with Crippen molar-refractivity contribution in [3.63, 3.8) is 0 Å². The molecule has 0 unspecified atom stereocenters. The topological polar surface area (TPSA) is 42.1 Å². The van der Waals surface area contributed by atoms with Gasteiger partial charge in [0.15, 0.2) is 0 Å². The Morgan fingerprint density at radius 2 is 1.95 bits per heavy atom. The molecule has 1 aromatic heterocycles. The zero-order valence-corrected chi connectivity index (χ0v) is 14.8. The van der Waals surface area contributed by atoms with Crippen LogP contribution in [0, 0.1) is 5.92 Å². The first-order valence-electron chi connectivity index (χ1n) is 7.33.